The van der Waals surface area contributed by atoms with E-state index in [1.54, 1.807) is 6.07 Å². The Balaban J connectivity index is 1.71. The van der Waals surface area contributed by atoms with Crippen LogP contribution in [0.15, 0.2) is 70.2 Å². The zero-order chi connectivity index (χ0) is 19.4. The number of rotatable bonds is 6. The lowest BCUT2D eigenvalue weighted by Gasteiger charge is -2.08. The number of carbonyl (C=O) groups excluding carboxylic acids is 1. The minimum Gasteiger partial charge on any atom is -0.486 e. The van der Waals surface area contributed by atoms with Crippen LogP contribution in [0.2, 0.25) is 0 Å². The summed E-state index contributed by atoms with van der Waals surface area (Å²) in [6, 6.07) is 14.7. The zero-order valence-electron chi connectivity index (χ0n) is 14.5. The van der Waals surface area contributed by atoms with Crippen LogP contribution < -0.4 is 15.2 Å². The van der Waals surface area contributed by atoms with Gasteiger partial charge in [-0.05, 0) is 43.3 Å². The summed E-state index contributed by atoms with van der Waals surface area (Å²) in [5.41, 5.74) is 1.71. The van der Waals surface area contributed by atoms with Gasteiger partial charge in [0.2, 0.25) is 10.0 Å². The number of ether oxygens (including phenoxy) is 1. The van der Waals surface area contributed by atoms with Crippen molar-refractivity contribution >= 4 is 21.6 Å². The molecule has 0 saturated heterocycles. The Morgan fingerprint density at radius 2 is 1.89 bits per heavy atom. The van der Waals surface area contributed by atoms with Gasteiger partial charge in [-0.25, -0.2) is 13.6 Å². The van der Waals surface area contributed by atoms with Crippen LogP contribution in [0.3, 0.4) is 0 Å². The highest BCUT2D eigenvalue weighted by Gasteiger charge is 2.16. The molecule has 140 valence electrons. The van der Waals surface area contributed by atoms with Gasteiger partial charge in [-0.3, -0.25) is 4.79 Å². The van der Waals surface area contributed by atoms with Crippen molar-refractivity contribution in [3.05, 3.63) is 77.7 Å². The highest BCUT2D eigenvalue weighted by atomic mass is 32.2. The fraction of sp³-hybridized carbons (Fsp3) is 0.105. The quantitative estimate of drug-likeness (QED) is 0.676. The zero-order valence-corrected chi connectivity index (χ0v) is 15.3. The van der Waals surface area contributed by atoms with E-state index in [0.717, 1.165) is 5.56 Å². The second kappa shape index (κ2) is 7.65. The number of carbonyl (C=O) groups is 1. The Hall–Kier alpha value is -3.10. The molecule has 3 aromatic rings. The summed E-state index contributed by atoms with van der Waals surface area (Å²) < 4.78 is 33.8. The van der Waals surface area contributed by atoms with E-state index in [1.165, 1.54) is 30.5 Å². The number of benzene rings is 2. The third-order valence-electron chi connectivity index (χ3n) is 3.80. The first-order chi connectivity index (χ1) is 12.8. The number of sulfonamides is 1. The number of anilines is 1. The predicted octanol–water partition coefficient (Wildman–Crippen LogP) is 3.07. The predicted molar refractivity (Wildman–Crippen MR) is 100.0 cm³/mol. The summed E-state index contributed by atoms with van der Waals surface area (Å²) in [4.78, 5) is 12.4. The summed E-state index contributed by atoms with van der Waals surface area (Å²) in [6.07, 6.45) is 1.39. The highest BCUT2D eigenvalue weighted by molar-refractivity contribution is 7.89. The number of primary sulfonamides is 1. The lowest BCUT2D eigenvalue weighted by Crippen LogP contribution is -2.15. The molecule has 0 unspecified atom stereocenters. The minimum atomic E-state index is -3.86. The van der Waals surface area contributed by atoms with Gasteiger partial charge in [0.05, 0.1) is 16.7 Å². The molecule has 3 N–H and O–H groups in total. The van der Waals surface area contributed by atoms with Crippen LogP contribution in [0.5, 0.6) is 5.75 Å². The van der Waals surface area contributed by atoms with Crippen molar-refractivity contribution in [2.45, 2.75) is 18.4 Å². The van der Waals surface area contributed by atoms with E-state index < -0.39 is 15.9 Å². The molecular weight excluding hydrogens is 368 g/mol. The smallest absolute Gasteiger partial charge is 0.259 e. The van der Waals surface area contributed by atoms with Gasteiger partial charge >= 0.3 is 0 Å². The molecule has 2 aromatic carbocycles. The molecule has 0 aliphatic heterocycles. The Bertz CT molecular complexity index is 1060. The first-order valence-electron chi connectivity index (χ1n) is 8.03. The SMILES string of the molecule is Cc1ccc(OCc2occc2C(=O)Nc2cccc(S(N)(=O)=O)c2)cc1. The van der Waals surface area contributed by atoms with Gasteiger partial charge in [0, 0.05) is 5.69 Å². The number of aryl methyl sites for hydroxylation is 1. The van der Waals surface area contributed by atoms with Crippen molar-refractivity contribution in [3.8, 4) is 5.75 Å². The summed E-state index contributed by atoms with van der Waals surface area (Å²) in [5, 5.41) is 7.74. The third-order valence-corrected chi connectivity index (χ3v) is 4.71. The molecule has 0 bridgehead atoms. The van der Waals surface area contributed by atoms with Crippen LogP contribution in [0, 0.1) is 6.92 Å². The van der Waals surface area contributed by atoms with E-state index in [9.17, 15) is 13.2 Å². The Morgan fingerprint density at radius 1 is 1.15 bits per heavy atom. The van der Waals surface area contributed by atoms with Crippen LogP contribution in [0.25, 0.3) is 0 Å². The lowest BCUT2D eigenvalue weighted by molar-refractivity contribution is 0.102. The topological polar surface area (TPSA) is 112 Å². The van der Waals surface area contributed by atoms with Gasteiger partial charge in [0.15, 0.2) is 5.76 Å². The number of hydrogen-bond acceptors (Lipinski definition) is 5. The summed E-state index contributed by atoms with van der Waals surface area (Å²) >= 11 is 0. The van der Waals surface area contributed by atoms with E-state index in [4.69, 9.17) is 14.3 Å². The monoisotopic (exact) mass is 386 g/mol. The van der Waals surface area contributed by atoms with Gasteiger partial charge in [-0.1, -0.05) is 23.8 Å². The van der Waals surface area contributed by atoms with Gasteiger partial charge in [0.25, 0.3) is 5.91 Å². The van der Waals surface area contributed by atoms with Gasteiger partial charge in [-0.2, -0.15) is 0 Å². The van der Waals surface area contributed by atoms with E-state index >= 15 is 0 Å². The van der Waals surface area contributed by atoms with Gasteiger partial charge in [-0.15, -0.1) is 0 Å². The largest absolute Gasteiger partial charge is 0.486 e. The molecule has 0 atom stereocenters. The molecule has 0 aliphatic carbocycles. The lowest BCUT2D eigenvalue weighted by atomic mass is 10.2. The van der Waals surface area contributed by atoms with Crippen LogP contribution in [-0.2, 0) is 16.6 Å². The van der Waals surface area contributed by atoms with E-state index in [1.807, 2.05) is 31.2 Å². The van der Waals surface area contributed by atoms with Crippen LogP contribution in [-0.4, -0.2) is 14.3 Å². The molecule has 3 rings (SSSR count). The molecule has 0 spiro atoms. The molecule has 0 fully saturated rings. The maximum absolute atomic E-state index is 12.5. The number of nitrogens with two attached hydrogens (primary N) is 1. The van der Waals surface area contributed by atoms with Gasteiger partial charge < -0.3 is 14.5 Å². The van der Waals surface area contributed by atoms with Crippen molar-refractivity contribution < 1.29 is 22.4 Å². The van der Waals surface area contributed by atoms with E-state index in [0.29, 0.717) is 22.8 Å². The molecule has 1 amide bonds. The summed E-state index contributed by atoms with van der Waals surface area (Å²) in [5.74, 6) is 0.567. The highest BCUT2D eigenvalue weighted by Crippen LogP contribution is 2.19. The maximum Gasteiger partial charge on any atom is 0.259 e. The normalized spacial score (nSPS) is 11.2. The van der Waals surface area contributed by atoms with Crippen molar-refractivity contribution in [2.75, 3.05) is 5.32 Å². The molecular formula is C19H18N2O5S. The average molecular weight is 386 g/mol. The number of nitrogens with one attached hydrogen (secondary N) is 1. The fourth-order valence-corrected chi connectivity index (χ4v) is 2.95. The number of furan rings is 1. The summed E-state index contributed by atoms with van der Waals surface area (Å²) in [7, 11) is -3.86. The van der Waals surface area contributed by atoms with Crippen LogP contribution in [0.4, 0.5) is 5.69 Å². The van der Waals surface area contributed by atoms with Crippen molar-refractivity contribution in [1.82, 2.24) is 0 Å². The van der Waals surface area contributed by atoms with Crippen LogP contribution >= 0.6 is 0 Å². The molecule has 27 heavy (non-hydrogen) atoms. The second-order valence-corrected chi connectivity index (χ2v) is 7.45. The molecule has 7 nitrogen and oxygen atoms in total. The van der Waals surface area contributed by atoms with E-state index in [-0.39, 0.29) is 11.5 Å². The van der Waals surface area contributed by atoms with E-state index in [2.05, 4.69) is 5.32 Å². The van der Waals surface area contributed by atoms with Crippen molar-refractivity contribution in [2.24, 2.45) is 5.14 Å². The molecule has 1 heterocycles. The van der Waals surface area contributed by atoms with Crippen molar-refractivity contribution in [3.63, 3.8) is 0 Å². The number of hydrogen-bond donors (Lipinski definition) is 2. The third kappa shape index (κ3) is 4.75. The Kier molecular flexibility index (Phi) is 5.29. The Morgan fingerprint density at radius 3 is 2.59 bits per heavy atom. The molecule has 0 radical (unpaired) electrons. The fourth-order valence-electron chi connectivity index (χ4n) is 2.39. The molecule has 0 saturated carbocycles. The van der Waals surface area contributed by atoms with Gasteiger partial charge in [0.1, 0.15) is 12.4 Å². The molecule has 1 aromatic heterocycles. The average Bonchev–Trinajstić information content (AvgIpc) is 3.09. The first kappa shape index (κ1) is 18.7. The van der Waals surface area contributed by atoms with Crippen LogP contribution in [0.1, 0.15) is 21.7 Å². The maximum atomic E-state index is 12.5. The number of amides is 1. The summed E-state index contributed by atoms with van der Waals surface area (Å²) in [6.45, 7) is 2.06. The molecule has 8 heteroatoms. The van der Waals surface area contributed by atoms with Crippen molar-refractivity contribution in [1.29, 1.82) is 0 Å². The standard InChI is InChI=1S/C19H18N2O5S/c1-13-5-7-15(8-6-13)26-12-18-17(9-10-25-18)19(22)21-14-3-2-4-16(11-14)27(20,23)24/h2-11H,12H2,1H3,(H,21,22)(H2,20,23,24). The molecule has 0 aliphatic rings. The Labute approximate surface area is 156 Å². The second-order valence-electron chi connectivity index (χ2n) is 5.89. The minimum absolute atomic E-state index is 0.0794. The first-order valence-corrected chi connectivity index (χ1v) is 9.57.